The molecule has 1 saturated heterocycles. The number of nitrogens with one attached hydrogen (secondary N) is 1. The summed E-state index contributed by atoms with van der Waals surface area (Å²) in [6.07, 6.45) is 0.374. The number of methoxy groups -OCH3 is 1. The molecule has 6 nitrogen and oxygen atoms in total. The van der Waals surface area contributed by atoms with Crippen LogP contribution in [0.3, 0.4) is 0 Å². The third-order valence-corrected chi connectivity index (χ3v) is 8.12. The highest BCUT2D eigenvalue weighted by molar-refractivity contribution is 7.95. The molecule has 1 amide bonds. The van der Waals surface area contributed by atoms with Crippen molar-refractivity contribution in [1.29, 1.82) is 0 Å². The molecule has 7 heteroatoms. The first-order valence-electron chi connectivity index (χ1n) is 8.84. The molecule has 0 bridgehead atoms. The Balaban J connectivity index is 1.61. The van der Waals surface area contributed by atoms with E-state index in [0.717, 1.165) is 11.1 Å². The molecule has 1 N–H and O–H groups in total. The van der Waals surface area contributed by atoms with E-state index in [-0.39, 0.29) is 5.92 Å². The molecule has 0 unspecified atom stereocenters. The van der Waals surface area contributed by atoms with Gasteiger partial charge in [-0.3, -0.25) is 9.10 Å². The number of fused-ring (bicyclic) bond motifs is 1. The summed E-state index contributed by atoms with van der Waals surface area (Å²) in [7, 11) is -2.19. The number of ether oxygens (including phenoxy) is 1. The third kappa shape index (κ3) is 2.60. The zero-order chi connectivity index (χ0) is 19.4. The summed E-state index contributed by atoms with van der Waals surface area (Å²) in [5.41, 5.74) is 3.09. The fraction of sp³-hybridized carbons (Fsp3) is 0.350. The number of hydrogen-bond acceptors (Lipinski definition) is 4. The maximum Gasteiger partial charge on any atom is 0.250 e. The van der Waals surface area contributed by atoms with Crippen LogP contribution in [0.1, 0.15) is 17.5 Å². The van der Waals surface area contributed by atoms with Gasteiger partial charge in [-0.2, -0.15) is 0 Å². The Labute approximate surface area is 159 Å². The van der Waals surface area contributed by atoms with Gasteiger partial charge in [0.25, 0.3) is 0 Å². The van der Waals surface area contributed by atoms with Crippen LogP contribution in [0.25, 0.3) is 0 Å². The van der Waals surface area contributed by atoms with Crippen LogP contribution in [0.5, 0.6) is 5.75 Å². The van der Waals surface area contributed by atoms with Crippen molar-refractivity contribution in [3.8, 4) is 5.75 Å². The highest BCUT2D eigenvalue weighted by Gasteiger charge is 2.75. The molecule has 2 aromatic rings. The van der Waals surface area contributed by atoms with Crippen molar-refractivity contribution in [2.45, 2.75) is 25.0 Å². The lowest BCUT2D eigenvalue weighted by Gasteiger charge is -2.23. The number of carbonyl (C=O) groups excluding carboxylic acids is 1. The van der Waals surface area contributed by atoms with Gasteiger partial charge >= 0.3 is 0 Å². The number of anilines is 2. The van der Waals surface area contributed by atoms with E-state index in [1.54, 1.807) is 37.4 Å². The van der Waals surface area contributed by atoms with Crippen LogP contribution < -0.4 is 14.4 Å². The third-order valence-electron chi connectivity index (χ3n) is 5.57. The van der Waals surface area contributed by atoms with E-state index in [0.29, 0.717) is 30.1 Å². The molecule has 0 aromatic heterocycles. The lowest BCUT2D eigenvalue weighted by atomic mass is 10.1. The summed E-state index contributed by atoms with van der Waals surface area (Å²) < 4.78 is 31.6. The smallest absolute Gasteiger partial charge is 0.250 e. The van der Waals surface area contributed by atoms with E-state index in [2.05, 4.69) is 5.32 Å². The lowest BCUT2D eigenvalue weighted by molar-refractivity contribution is -0.116. The standard InChI is InChI=1S/C20H22N2O4S/c1-13-4-6-16(7-5-13)22-12-15-11-20(15,27(22,24)25)19(23)21-18-9-8-17(26-3)10-14(18)2/h4-10,15H,11-12H2,1-3H3,(H,21,23)/t15-,20+/m1/s1. The number of rotatable bonds is 4. The molecule has 27 heavy (non-hydrogen) atoms. The maximum atomic E-state index is 13.2. The van der Waals surface area contributed by atoms with Gasteiger partial charge in [0, 0.05) is 18.2 Å². The predicted molar refractivity (Wildman–Crippen MR) is 105 cm³/mol. The Morgan fingerprint density at radius 3 is 2.52 bits per heavy atom. The van der Waals surface area contributed by atoms with E-state index in [1.807, 2.05) is 26.0 Å². The Morgan fingerprint density at radius 1 is 1.19 bits per heavy atom. The fourth-order valence-electron chi connectivity index (χ4n) is 3.81. The van der Waals surface area contributed by atoms with Crippen molar-refractivity contribution in [2.75, 3.05) is 23.3 Å². The van der Waals surface area contributed by atoms with Gasteiger partial charge in [-0.1, -0.05) is 17.7 Å². The van der Waals surface area contributed by atoms with Crippen molar-refractivity contribution >= 4 is 27.3 Å². The van der Waals surface area contributed by atoms with Gasteiger partial charge in [-0.15, -0.1) is 0 Å². The lowest BCUT2D eigenvalue weighted by Crippen LogP contribution is -2.42. The average molecular weight is 386 g/mol. The molecular weight excluding hydrogens is 364 g/mol. The summed E-state index contributed by atoms with van der Waals surface area (Å²) in [5.74, 6) is 0.0599. The minimum atomic E-state index is -3.77. The Bertz CT molecular complexity index is 1020. The molecule has 2 fully saturated rings. The van der Waals surface area contributed by atoms with Gasteiger partial charge in [0.1, 0.15) is 5.75 Å². The first-order chi connectivity index (χ1) is 12.8. The molecule has 1 heterocycles. The van der Waals surface area contributed by atoms with E-state index < -0.39 is 20.7 Å². The number of amides is 1. The van der Waals surface area contributed by atoms with Gasteiger partial charge in [-0.25, -0.2) is 8.42 Å². The molecule has 2 atom stereocenters. The molecule has 0 radical (unpaired) electrons. The monoisotopic (exact) mass is 386 g/mol. The van der Waals surface area contributed by atoms with Crippen molar-refractivity contribution in [3.05, 3.63) is 53.6 Å². The number of aryl methyl sites for hydroxylation is 2. The van der Waals surface area contributed by atoms with E-state index in [4.69, 9.17) is 4.74 Å². The zero-order valence-electron chi connectivity index (χ0n) is 15.5. The molecule has 4 rings (SSSR count). The summed E-state index contributed by atoms with van der Waals surface area (Å²) >= 11 is 0. The minimum Gasteiger partial charge on any atom is -0.497 e. The molecule has 1 aliphatic heterocycles. The fourth-order valence-corrected chi connectivity index (χ4v) is 6.17. The SMILES string of the molecule is COc1ccc(NC(=O)[C@]23C[C@@H]2CN(c2ccc(C)cc2)S3(=O)=O)c(C)c1. The molecule has 1 saturated carbocycles. The second-order valence-corrected chi connectivity index (χ2v) is 9.42. The topological polar surface area (TPSA) is 75.7 Å². The first-order valence-corrected chi connectivity index (χ1v) is 10.3. The average Bonchev–Trinajstić information content (AvgIpc) is 3.33. The maximum absolute atomic E-state index is 13.2. The van der Waals surface area contributed by atoms with Crippen LogP contribution >= 0.6 is 0 Å². The summed E-state index contributed by atoms with van der Waals surface area (Å²) in [4.78, 5) is 13.0. The second-order valence-electron chi connectivity index (χ2n) is 7.30. The molecular formula is C20H22N2O4S. The predicted octanol–water partition coefficient (Wildman–Crippen LogP) is 2.86. The van der Waals surface area contributed by atoms with Crippen LogP contribution in [0.15, 0.2) is 42.5 Å². The number of benzene rings is 2. The highest BCUT2D eigenvalue weighted by Crippen LogP contribution is 2.58. The molecule has 2 aromatic carbocycles. The van der Waals surface area contributed by atoms with Crippen LogP contribution in [0.2, 0.25) is 0 Å². The van der Waals surface area contributed by atoms with Crippen molar-refractivity contribution in [1.82, 2.24) is 0 Å². The van der Waals surface area contributed by atoms with Crippen LogP contribution in [-0.4, -0.2) is 32.7 Å². The van der Waals surface area contributed by atoms with Gasteiger partial charge < -0.3 is 10.1 Å². The Morgan fingerprint density at radius 2 is 1.89 bits per heavy atom. The number of carbonyl (C=O) groups is 1. The van der Waals surface area contributed by atoms with Gasteiger partial charge in [-0.05, 0) is 56.2 Å². The van der Waals surface area contributed by atoms with Crippen LogP contribution in [0.4, 0.5) is 11.4 Å². The van der Waals surface area contributed by atoms with Crippen LogP contribution in [-0.2, 0) is 14.8 Å². The second kappa shape index (κ2) is 5.99. The molecule has 1 aliphatic carbocycles. The summed E-state index contributed by atoms with van der Waals surface area (Å²) in [6.45, 7) is 4.15. The molecule has 0 spiro atoms. The van der Waals surface area contributed by atoms with Gasteiger partial charge in [0.15, 0.2) is 4.75 Å². The highest BCUT2D eigenvalue weighted by atomic mass is 32.2. The van der Waals surface area contributed by atoms with Crippen molar-refractivity contribution < 1.29 is 17.9 Å². The van der Waals surface area contributed by atoms with E-state index in [1.165, 1.54) is 4.31 Å². The largest absolute Gasteiger partial charge is 0.497 e. The Hall–Kier alpha value is -2.54. The normalized spacial score (nSPS) is 25.0. The first kappa shape index (κ1) is 17.9. The van der Waals surface area contributed by atoms with Gasteiger partial charge in [0.2, 0.25) is 15.9 Å². The Kier molecular flexibility index (Phi) is 3.96. The quantitative estimate of drug-likeness (QED) is 0.877. The zero-order valence-corrected chi connectivity index (χ0v) is 16.3. The molecule has 2 aliphatic rings. The van der Waals surface area contributed by atoms with Crippen molar-refractivity contribution in [3.63, 3.8) is 0 Å². The minimum absolute atomic E-state index is 0.178. The summed E-state index contributed by atoms with van der Waals surface area (Å²) in [6, 6.07) is 12.6. The van der Waals surface area contributed by atoms with E-state index >= 15 is 0 Å². The number of hydrogen-bond donors (Lipinski definition) is 1. The number of sulfonamides is 1. The van der Waals surface area contributed by atoms with Crippen molar-refractivity contribution in [2.24, 2.45) is 5.92 Å². The van der Waals surface area contributed by atoms with Crippen LogP contribution in [0, 0.1) is 19.8 Å². The molecule has 142 valence electrons. The summed E-state index contributed by atoms with van der Waals surface area (Å²) in [5, 5.41) is 2.82. The van der Waals surface area contributed by atoms with Gasteiger partial charge in [0.05, 0.1) is 12.8 Å². The number of nitrogens with zero attached hydrogens (tertiary/aromatic N) is 1. The van der Waals surface area contributed by atoms with E-state index in [9.17, 15) is 13.2 Å².